The molecule has 0 amide bonds. The molecular weight excluding hydrogens is 392 g/mol. The Hall–Kier alpha value is -2.12. The lowest BCUT2D eigenvalue weighted by Crippen LogP contribution is -2.31. The Morgan fingerprint density at radius 1 is 0.567 bits per heavy atom. The fraction of sp³-hybridized carbons (Fsp3) is 0.818. The summed E-state index contributed by atoms with van der Waals surface area (Å²) in [5.74, 6) is -3.31. The highest BCUT2D eigenvalue weighted by Crippen LogP contribution is 2.36. The molecular formula is C22H40O8. The predicted octanol–water partition coefficient (Wildman–Crippen LogP) is 5.04. The molecule has 0 saturated carbocycles. The molecule has 4 N–H and O–H groups in total. The van der Waals surface area contributed by atoms with Gasteiger partial charge in [-0.15, -0.1) is 0 Å². The van der Waals surface area contributed by atoms with E-state index in [0.29, 0.717) is 51.4 Å². The number of carboxylic acids is 4. The molecule has 0 aliphatic heterocycles. The van der Waals surface area contributed by atoms with Crippen LogP contribution in [0.3, 0.4) is 0 Å². The lowest BCUT2D eigenvalue weighted by atomic mass is 9.75. The van der Waals surface area contributed by atoms with Gasteiger partial charge in [0, 0.05) is 12.8 Å². The highest BCUT2D eigenvalue weighted by atomic mass is 16.4. The summed E-state index contributed by atoms with van der Waals surface area (Å²) in [5, 5.41) is 35.4. The van der Waals surface area contributed by atoms with E-state index in [1.54, 1.807) is 0 Å². The molecule has 8 heteroatoms. The van der Waals surface area contributed by atoms with Crippen molar-refractivity contribution in [2.45, 2.75) is 105 Å². The van der Waals surface area contributed by atoms with Gasteiger partial charge in [-0.1, -0.05) is 40.5 Å². The van der Waals surface area contributed by atoms with Gasteiger partial charge < -0.3 is 20.4 Å². The van der Waals surface area contributed by atoms with Crippen LogP contribution in [0.4, 0.5) is 0 Å². The quantitative estimate of drug-likeness (QED) is 0.265. The molecule has 0 fully saturated rings. The fourth-order valence-electron chi connectivity index (χ4n) is 3.82. The normalized spacial score (nSPS) is 11.3. The van der Waals surface area contributed by atoms with E-state index >= 15 is 0 Å². The summed E-state index contributed by atoms with van der Waals surface area (Å²) in [7, 11) is 0. The molecule has 8 nitrogen and oxygen atoms in total. The highest BCUT2D eigenvalue weighted by Gasteiger charge is 2.36. The van der Waals surface area contributed by atoms with Gasteiger partial charge in [-0.25, -0.2) is 0 Å². The molecule has 176 valence electrons. The Balaban J connectivity index is 0. The van der Waals surface area contributed by atoms with Gasteiger partial charge in [0.1, 0.15) is 0 Å². The summed E-state index contributed by atoms with van der Waals surface area (Å²) >= 11 is 0. The lowest BCUT2D eigenvalue weighted by molar-refractivity contribution is -0.151. The van der Waals surface area contributed by atoms with Crippen LogP contribution in [0.2, 0.25) is 0 Å². The zero-order valence-electron chi connectivity index (χ0n) is 18.9. The van der Waals surface area contributed by atoms with Crippen LogP contribution in [0, 0.1) is 10.8 Å². The van der Waals surface area contributed by atoms with Crippen molar-refractivity contribution < 1.29 is 39.6 Å². The van der Waals surface area contributed by atoms with Crippen molar-refractivity contribution in [1.29, 1.82) is 0 Å². The second kappa shape index (κ2) is 15.7. The van der Waals surface area contributed by atoms with E-state index in [1.807, 2.05) is 27.7 Å². The minimum Gasteiger partial charge on any atom is -0.481 e. The van der Waals surface area contributed by atoms with Gasteiger partial charge >= 0.3 is 23.9 Å². The third-order valence-corrected chi connectivity index (χ3v) is 5.81. The number of hydrogen-bond donors (Lipinski definition) is 4. The number of carboxylic acid groups (broad SMARTS) is 4. The van der Waals surface area contributed by atoms with E-state index in [0.717, 1.165) is 12.8 Å². The Morgan fingerprint density at radius 3 is 1.13 bits per heavy atom. The van der Waals surface area contributed by atoms with Gasteiger partial charge in [-0.2, -0.15) is 0 Å². The van der Waals surface area contributed by atoms with Crippen molar-refractivity contribution in [1.82, 2.24) is 0 Å². The molecule has 0 spiro atoms. The predicted molar refractivity (Wildman–Crippen MR) is 114 cm³/mol. The molecule has 0 aromatic carbocycles. The molecule has 0 aromatic rings. The average Bonchev–Trinajstić information content (AvgIpc) is 2.65. The topological polar surface area (TPSA) is 149 Å². The first kappa shape index (κ1) is 30.1. The maximum atomic E-state index is 11.3. The van der Waals surface area contributed by atoms with Crippen LogP contribution in [0.25, 0.3) is 0 Å². The molecule has 0 heterocycles. The van der Waals surface area contributed by atoms with Crippen molar-refractivity contribution in [2.24, 2.45) is 10.8 Å². The second-order valence-electron chi connectivity index (χ2n) is 7.87. The van der Waals surface area contributed by atoms with Gasteiger partial charge in [0.05, 0.1) is 10.8 Å². The van der Waals surface area contributed by atoms with Crippen LogP contribution < -0.4 is 0 Å². The first-order valence-corrected chi connectivity index (χ1v) is 10.9. The molecule has 0 aliphatic carbocycles. The van der Waals surface area contributed by atoms with Gasteiger partial charge in [0.2, 0.25) is 0 Å². The Bertz CT molecular complexity index is 531. The van der Waals surface area contributed by atoms with Crippen molar-refractivity contribution in [2.75, 3.05) is 0 Å². The van der Waals surface area contributed by atoms with E-state index in [9.17, 15) is 24.3 Å². The van der Waals surface area contributed by atoms with Gasteiger partial charge in [0.15, 0.2) is 0 Å². The fourth-order valence-corrected chi connectivity index (χ4v) is 3.82. The van der Waals surface area contributed by atoms with Crippen LogP contribution in [-0.4, -0.2) is 44.3 Å². The zero-order valence-corrected chi connectivity index (χ0v) is 18.9. The molecule has 30 heavy (non-hydrogen) atoms. The number of hydrogen-bond acceptors (Lipinski definition) is 4. The first-order valence-electron chi connectivity index (χ1n) is 10.9. The smallest absolute Gasteiger partial charge is 0.309 e. The van der Waals surface area contributed by atoms with Crippen LogP contribution in [-0.2, 0) is 19.2 Å². The largest absolute Gasteiger partial charge is 0.481 e. The van der Waals surface area contributed by atoms with Crippen LogP contribution in [0.1, 0.15) is 105 Å². The summed E-state index contributed by atoms with van der Waals surface area (Å²) in [5.41, 5.74) is -1.44. The third-order valence-electron chi connectivity index (χ3n) is 5.81. The van der Waals surface area contributed by atoms with Gasteiger partial charge in [-0.3, -0.25) is 19.2 Å². The molecule has 0 unspecified atom stereocenters. The van der Waals surface area contributed by atoms with Gasteiger partial charge in [0.25, 0.3) is 0 Å². The third kappa shape index (κ3) is 11.2. The summed E-state index contributed by atoms with van der Waals surface area (Å²) in [6, 6.07) is 0. The standard InChI is InChI=1S/C12H22O4.C10H18O4/c1-3-7-12(8-4-2,11(15)16)9-5-6-10(13)14;1-3-10(4-2,9(13)14)7-5-6-8(11)12/h3-9H2,1-2H3,(H,13,14)(H,15,16);3-7H2,1-2H3,(H,11,12)(H,13,14). The summed E-state index contributed by atoms with van der Waals surface area (Å²) < 4.78 is 0. The average molecular weight is 433 g/mol. The lowest BCUT2D eigenvalue weighted by Gasteiger charge is -2.28. The Morgan fingerprint density at radius 2 is 0.900 bits per heavy atom. The van der Waals surface area contributed by atoms with Gasteiger partial charge in [-0.05, 0) is 51.4 Å². The van der Waals surface area contributed by atoms with E-state index in [1.165, 1.54) is 0 Å². The summed E-state index contributed by atoms with van der Waals surface area (Å²) in [6.45, 7) is 7.59. The number of aliphatic carboxylic acids is 4. The maximum absolute atomic E-state index is 11.3. The SMILES string of the molecule is CCC(CC)(CCCC(=O)O)C(=O)O.CCCC(CCC)(CCCC(=O)O)C(=O)O. The minimum absolute atomic E-state index is 0.0506. The first-order chi connectivity index (χ1) is 14.0. The molecule has 0 bridgehead atoms. The van der Waals surface area contributed by atoms with Crippen molar-refractivity contribution in [3.63, 3.8) is 0 Å². The van der Waals surface area contributed by atoms with Crippen LogP contribution in [0.5, 0.6) is 0 Å². The highest BCUT2D eigenvalue weighted by molar-refractivity contribution is 5.75. The van der Waals surface area contributed by atoms with Crippen molar-refractivity contribution in [3.8, 4) is 0 Å². The van der Waals surface area contributed by atoms with Crippen LogP contribution >= 0.6 is 0 Å². The Labute approximate surface area is 179 Å². The molecule has 0 aliphatic rings. The summed E-state index contributed by atoms with van der Waals surface area (Å²) in [6.07, 6.45) is 5.92. The second-order valence-corrected chi connectivity index (χ2v) is 7.87. The van der Waals surface area contributed by atoms with Crippen molar-refractivity contribution in [3.05, 3.63) is 0 Å². The minimum atomic E-state index is -0.864. The van der Waals surface area contributed by atoms with Crippen LogP contribution in [0.15, 0.2) is 0 Å². The van der Waals surface area contributed by atoms with E-state index in [4.69, 9.17) is 15.3 Å². The van der Waals surface area contributed by atoms with Crippen molar-refractivity contribution >= 4 is 23.9 Å². The number of carbonyl (C=O) groups is 4. The molecule has 0 rings (SSSR count). The van der Waals surface area contributed by atoms with E-state index in [2.05, 4.69) is 0 Å². The molecule has 0 atom stereocenters. The Kier molecular flexibility index (Phi) is 15.7. The van der Waals surface area contributed by atoms with E-state index < -0.39 is 34.7 Å². The molecule has 0 radical (unpaired) electrons. The summed E-state index contributed by atoms with van der Waals surface area (Å²) in [4.78, 5) is 43.0. The molecule has 0 saturated heterocycles. The monoisotopic (exact) mass is 432 g/mol. The van der Waals surface area contributed by atoms with E-state index in [-0.39, 0.29) is 12.8 Å². The number of rotatable bonds is 16. The zero-order chi connectivity index (χ0) is 23.8. The molecule has 0 aromatic heterocycles. The maximum Gasteiger partial charge on any atom is 0.309 e.